The molecule has 1 rings (SSSR count). The quantitative estimate of drug-likeness (QED) is 0.767. The molecule has 0 bridgehead atoms. The molecule has 1 aromatic carbocycles. The normalized spacial score (nSPS) is 13.0. The lowest BCUT2D eigenvalue weighted by Crippen LogP contribution is -2.50. The molecule has 0 fully saturated rings. The fraction of sp³-hybridized carbons (Fsp3) is 0.588. The van der Waals surface area contributed by atoms with Crippen LogP contribution in [0.5, 0.6) is 0 Å². The second kappa shape index (κ2) is 8.05. The topological polar surface area (TPSA) is 55.1 Å². The molecule has 0 saturated carbocycles. The molecule has 0 saturated heterocycles. The van der Waals surface area contributed by atoms with Crippen LogP contribution in [0.25, 0.3) is 0 Å². The van der Waals surface area contributed by atoms with Crippen LogP contribution in [0.15, 0.2) is 30.3 Å². The monoisotopic (exact) mass is 276 g/mol. The van der Waals surface area contributed by atoms with Crippen molar-refractivity contribution in [3.8, 4) is 0 Å². The highest BCUT2D eigenvalue weighted by atomic mass is 16.2. The predicted octanol–water partition coefficient (Wildman–Crippen LogP) is 3.03. The molecule has 3 nitrogen and oxygen atoms in total. The van der Waals surface area contributed by atoms with Crippen molar-refractivity contribution in [3.63, 3.8) is 0 Å². The van der Waals surface area contributed by atoms with E-state index >= 15 is 0 Å². The average Bonchev–Trinajstić information content (AvgIpc) is 2.43. The lowest BCUT2D eigenvalue weighted by molar-refractivity contribution is -0.124. The van der Waals surface area contributed by atoms with E-state index in [1.165, 1.54) is 5.56 Å². The average molecular weight is 276 g/mol. The van der Waals surface area contributed by atoms with Crippen molar-refractivity contribution in [2.24, 2.45) is 5.73 Å². The van der Waals surface area contributed by atoms with Crippen molar-refractivity contribution in [1.29, 1.82) is 0 Å². The van der Waals surface area contributed by atoms with E-state index in [2.05, 4.69) is 38.2 Å². The van der Waals surface area contributed by atoms with Crippen LogP contribution in [0.3, 0.4) is 0 Å². The van der Waals surface area contributed by atoms with Crippen molar-refractivity contribution in [2.45, 2.75) is 64.5 Å². The SMILES string of the molecule is CCCCC(N)C(=O)NC(C)(C)CCc1ccccc1. The van der Waals surface area contributed by atoms with Gasteiger partial charge < -0.3 is 11.1 Å². The van der Waals surface area contributed by atoms with Gasteiger partial charge in [0.2, 0.25) is 5.91 Å². The zero-order valence-corrected chi connectivity index (χ0v) is 13.0. The third-order valence-electron chi connectivity index (χ3n) is 3.55. The molecule has 1 unspecified atom stereocenters. The van der Waals surface area contributed by atoms with Gasteiger partial charge >= 0.3 is 0 Å². The highest BCUT2D eigenvalue weighted by Gasteiger charge is 2.23. The van der Waals surface area contributed by atoms with Crippen molar-refractivity contribution >= 4 is 5.91 Å². The van der Waals surface area contributed by atoms with Crippen LogP contribution >= 0.6 is 0 Å². The van der Waals surface area contributed by atoms with Crippen LogP contribution in [-0.2, 0) is 11.2 Å². The molecule has 0 aromatic heterocycles. The van der Waals surface area contributed by atoms with E-state index in [-0.39, 0.29) is 17.5 Å². The Morgan fingerprint density at radius 2 is 1.95 bits per heavy atom. The van der Waals surface area contributed by atoms with E-state index in [0.717, 1.165) is 32.1 Å². The van der Waals surface area contributed by atoms with E-state index < -0.39 is 0 Å². The minimum absolute atomic E-state index is 0.0310. The van der Waals surface area contributed by atoms with Crippen molar-refractivity contribution in [1.82, 2.24) is 5.32 Å². The molecule has 20 heavy (non-hydrogen) atoms. The molecule has 1 aromatic rings. The molecule has 0 aliphatic carbocycles. The Kier molecular flexibility index (Phi) is 6.73. The van der Waals surface area contributed by atoms with Gasteiger partial charge in [-0.3, -0.25) is 4.79 Å². The summed E-state index contributed by atoms with van der Waals surface area (Å²) in [5.41, 5.74) is 6.98. The van der Waals surface area contributed by atoms with Crippen molar-refractivity contribution in [2.75, 3.05) is 0 Å². The number of rotatable bonds is 8. The molecule has 112 valence electrons. The first kappa shape index (κ1) is 16.7. The van der Waals surface area contributed by atoms with Crippen molar-refractivity contribution in [3.05, 3.63) is 35.9 Å². The Morgan fingerprint density at radius 3 is 2.55 bits per heavy atom. The van der Waals surface area contributed by atoms with E-state index in [4.69, 9.17) is 5.73 Å². The first-order chi connectivity index (χ1) is 9.44. The standard InChI is InChI=1S/C17H28N2O/c1-4-5-11-15(18)16(20)19-17(2,3)13-12-14-9-7-6-8-10-14/h6-10,15H,4-5,11-13,18H2,1-3H3,(H,19,20). The summed E-state index contributed by atoms with van der Waals surface area (Å²) in [6.45, 7) is 6.22. The molecule has 1 atom stereocenters. The third-order valence-corrected chi connectivity index (χ3v) is 3.55. The number of hydrogen-bond donors (Lipinski definition) is 2. The molecule has 0 heterocycles. The first-order valence-electron chi connectivity index (χ1n) is 7.56. The van der Waals surface area contributed by atoms with Gasteiger partial charge in [0.25, 0.3) is 0 Å². The van der Waals surface area contributed by atoms with Gasteiger partial charge in [0.1, 0.15) is 0 Å². The summed E-state index contributed by atoms with van der Waals surface area (Å²) in [7, 11) is 0. The molecule has 0 aliphatic rings. The summed E-state index contributed by atoms with van der Waals surface area (Å²) in [5, 5.41) is 3.07. The Labute approximate surface area is 122 Å². The van der Waals surface area contributed by atoms with E-state index in [1.54, 1.807) is 0 Å². The number of nitrogens with one attached hydrogen (secondary N) is 1. The van der Waals surface area contributed by atoms with Crippen LogP contribution in [0, 0.1) is 0 Å². The van der Waals surface area contributed by atoms with Gasteiger partial charge in [0, 0.05) is 5.54 Å². The summed E-state index contributed by atoms with van der Waals surface area (Å²) >= 11 is 0. The van der Waals surface area contributed by atoms with E-state index in [9.17, 15) is 4.79 Å². The van der Waals surface area contributed by atoms with Gasteiger partial charge in [0.05, 0.1) is 6.04 Å². The Hall–Kier alpha value is -1.35. The molecule has 0 spiro atoms. The zero-order chi connectivity index (χ0) is 15.0. The highest BCUT2D eigenvalue weighted by Crippen LogP contribution is 2.14. The zero-order valence-electron chi connectivity index (χ0n) is 13.0. The molecule has 0 aliphatic heterocycles. The molecular formula is C17H28N2O. The van der Waals surface area contributed by atoms with Gasteiger partial charge in [0.15, 0.2) is 0 Å². The lowest BCUT2D eigenvalue weighted by atomic mass is 9.94. The summed E-state index contributed by atoms with van der Waals surface area (Å²) in [5.74, 6) is -0.0310. The lowest BCUT2D eigenvalue weighted by Gasteiger charge is -2.28. The fourth-order valence-electron chi connectivity index (χ4n) is 2.15. The van der Waals surface area contributed by atoms with Crippen molar-refractivity contribution < 1.29 is 4.79 Å². The Bertz CT molecular complexity index is 401. The number of aryl methyl sites for hydroxylation is 1. The van der Waals surface area contributed by atoms with Crippen LogP contribution in [0.2, 0.25) is 0 Å². The molecule has 3 heteroatoms. The van der Waals surface area contributed by atoms with Gasteiger partial charge in [-0.05, 0) is 38.7 Å². The number of carbonyl (C=O) groups is 1. The minimum Gasteiger partial charge on any atom is -0.350 e. The summed E-state index contributed by atoms with van der Waals surface area (Å²) in [4.78, 5) is 12.0. The maximum atomic E-state index is 12.0. The fourth-order valence-corrected chi connectivity index (χ4v) is 2.15. The maximum Gasteiger partial charge on any atom is 0.237 e. The number of carbonyl (C=O) groups excluding carboxylic acids is 1. The van der Waals surface area contributed by atoms with E-state index in [1.807, 2.05) is 18.2 Å². The molecule has 3 N–H and O–H groups in total. The van der Waals surface area contributed by atoms with E-state index in [0.29, 0.717) is 0 Å². The number of unbranched alkanes of at least 4 members (excludes halogenated alkanes) is 1. The number of amides is 1. The first-order valence-corrected chi connectivity index (χ1v) is 7.56. The summed E-state index contributed by atoms with van der Waals surface area (Å²) < 4.78 is 0. The highest BCUT2D eigenvalue weighted by molar-refractivity contribution is 5.82. The molecule has 1 amide bonds. The van der Waals surface area contributed by atoms with Crippen LogP contribution < -0.4 is 11.1 Å². The number of nitrogens with two attached hydrogens (primary N) is 1. The Balaban J connectivity index is 2.42. The number of benzene rings is 1. The van der Waals surface area contributed by atoms with Gasteiger partial charge in [-0.25, -0.2) is 0 Å². The van der Waals surface area contributed by atoms with Crippen LogP contribution in [0.1, 0.15) is 52.0 Å². The second-order valence-electron chi connectivity index (χ2n) is 6.11. The molecule has 0 radical (unpaired) electrons. The third kappa shape index (κ3) is 6.20. The van der Waals surface area contributed by atoms with Gasteiger partial charge in [-0.1, -0.05) is 50.1 Å². The minimum atomic E-state index is -0.383. The number of hydrogen-bond acceptors (Lipinski definition) is 2. The maximum absolute atomic E-state index is 12.0. The van der Waals surface area contributed by atoms with Gasteiger partial charge in [-0.15, -0.1) is 0 Å². The Morgan fingerprint density at radius 1 is 1.30 bits per heavy atom. The largest absolute Gasteiger partial charge is 0.350 e. The summed E-state index contributed by atoms with van der Waals surface area (Å²) in [6, 6.07) is 9.95. The second-order valence-corrected chi connectivity index (χ2v) is 6.11. The summed E-state index contributed by atoms with van der Waals surface area (Å²) in [6.07, 6.45) is 4.69. The molecular weight excluding hydrogens is 248 g/mol. The van der Waals surface area contributed by atoms with Crippen LogP contribution in [-0.4, -0.2) is 17.5 Å². The van der Waals surface area contributed by atoms with Gasteiger partial charge in [-0.2, -0.15) is 0 Å². The smallest absolute Gasteiger partial charge is 0.237 e. The van der Waals surface area contributed by atoms with Crippen LogP contribution in [0.4, 0.5) is 0 Å². The predicted molar refractivity (Wildman–Crippen MR) is 84.5 cm³/mol.